The summed E-state index contributed by atoms with van der Waals surface area (Å²) in [5.41, 5.74) is 4.46. The van der Waals surface area contributed by atoms with Crippen LogP contribution in [0, 0.1) is 27.5 Å². The highest BCUT2D eigenvalue weighted by molar-refractivity contribution is 14.1. The number of methoxy groups -OCH3 is 2. The number of carbonyl (C=O) groups excluding carboxylic acids is 2. The molecule has 0 bridgehead atoms. The van der Waals surface area contributed by atoms with Gasteiger partial charge in [0.05, 0.1) is 31.0 Å². The summed E-state index contributed by atoms with van der Waals surface area (Å²) in [6.07, 6.45) is 7.44. The molecule has 4 aromatic carbocycles. The smallest absolute Gasteiger partial charge is 0.341 e. The third-order valence-corrected chi connectivity index (χ3v) is 9.65. The summed E-state index contributed by atoms with van der Waals surface area (Å²) in [7, 11) is 2.42. The maximum atomic E-state index is 13.8. The number of benzene rings is 4. The molecule has 55 heavy (non-hydrogen) atoms. The third kappa shape index (κ3) is 11.6. The van der Waals surface area contributed by atoms with Gasteiger partial charge in [-0.1, -0.05) is 42.3 Å². The average molecular weight is 867 g/mol. The van der Waals surface area contributed by atoms with Gasteiger partial charge in [-0.15, -0.1) is 6.42 Å². The fourth-order valence-corrected chi connectivity index (χ4v) is 6.36. The van der Waals surface area contributed by atoms with Gasteiger partial charge in [-0.2, -0.15) is 0 Å². The van der Waals surface area contributed by atoms with Crippen LogP contribution >= 0.6 is 22.6 Å². The van der Waals surface area contributed by atoms with Gasteiger partial charge in [0.15, 0.2) is 0 Å². The van der Waals surface area contributed by atoms with Crippen LogP contribution in [0.4, 0.5) is 8.78 Å². The van der Waals surface area contributed by atoms with Crippen molar-refractivity contribution in [1.29, 1.82) is 0 Å². The predicted octanol–water partition coefficient (Wildman–Crippen LogP) is 7.37. The van der Waals surface area contributed by atoms with Gasteiger partial charge < -0.3 is 39.1 Å². The summed E-state index contributed by atoms with van der Waals surface area (Å²) in [5, 5.41) is 16.8. The molecule has 10 nitrogen and oxygen atoms in total. The molecule has 2 aliphatic heterocycles. The number of terminal acetylenes is 1. The van der Waals surface area contributed by atoms with E-state index < -0.39 is 23.6 Å². The average Bonchev–Trinajstić information content (AvgIpc) is 4.01. The third-order valence-electron chi connectivity index (χ3n) is 8.83. The number of furan rings is 1. The van der Waals surface area contributed by atoms with Gasteiger partial charge in [0.1, 0.15) is 39.9 Å². The van der Waals surface area contributed by atoms with Crippen molar-refractivity contribution >= 4 is 45.5 Å². The second kappa shape index (κ2) is 20.2. The van der Waals surface area contributed by atoms with E-state index in [1.165, 1.54) is 25.8 Å². The maximum absolute atomic E-state index is 13.8. The Labute approximate surface area is 331 Å². The molecule has 7 rings (SSSR count). The number of nitrogens with one attached hydrogen (secondary N) is 2. The molecule has 3 heterocycles. The van der Waals surface area contributed by atoms with Crippen LogP contribution in [0.5, 0.6) is 5.75 Å². The maximum Gasteiger partial charge on any atom is 0.341 e. The van der Waals surface area contributed by atoms with E-state index in [2.05, 4.69) is 33.4 Å². The molecule has 3 N–H and O–H groups in total. The molecule has 2 fully saturated rings. The highest BCUT2D eigenvalue weighted by atomic mass is 127. The van der Waals surface area contributed by atoms with Crippen LogP contribution < -0.4 is 10.6 Å². The van der Waals surface area contributed by atoms with Gasteiger partial charge in [0.2, 0.25) is 0 Å². The van der Waals surface area contributed by atoms with Gasteiger partial charge in [-0.25, -0.2) is 18.4 Å². The lowest BCUT2D eigenvalue weighted by atomic mass is 10.1. The summed E-state index contributed by atoms with van der Waals surface area (Å²) in [5.74, 6) is 0.459. The first kappa shape index (κ1) is 41.3. The molecular weight excluding hydrogens is 825 g/mol. The number of phenolic OH excluding ortho intramolecular Hbond substituents is 1. The minimum absolute atomic E-state index is 0.0818. The van der Waals surface area contributed by atoms with E-state index in [4.69, 9.17) is 25.1 Å². The van der Waals surface area contributed by atoms with E-state index in [1.807, 2.05) is 36.4 Å². The Morgan fingerprint density at radius 3 is 1.87 bits per heavy atom. The van der Waals surface area contributed by atoms with Crippen molar-refractivity contribution in [3.8, 4) is 29.4 Å². The van der Waals surface area contributed by atoms with Gasteiger partial charge in [-0.05, 0) is 89.0 Å². The number of fused-ring (bicyclic) bond motifs is 1. The molecule has 0 spiro atoms. The van der Waals surface area contributed by atoms with Gasteiger partial charge in [0, 0.05) is 54.9 Å². The van der Waals surface area contributed by atoms with Crippen molar-refractivity contribution in [2.24, 2.45) is 0 Å². The molecule has 288 valence electrons. The standard InChI is InChI=1S/C21H20FNO4.C13H15NO.C8H6FIO3/c1-25-21(24)18-10-16(22)8-15-9-19(27-20(15)18)14-4-2-13(3-5-14)11-23-17-6-7-26-12-17;1-2-11-3-5-12(6-4-11)9-14-13-7-8-15-10-13;1-13-8(12)5-2-4(9)3-6(10)7(5)11/h2-5,8-10,17,23H,6-7,11-12H2,1H3;1,3-6,13-14H,7-10H2;2-3,11H,1H3/t17-;13-;/m11./s1. The number of ether oxygens (including phenoxy) is 4. The van der Waals surface area contributed by atoms with Crippen LogP contribution in [0.15, 0.2) is 83.3 Å². The molecule has 2 aliphatic rings. The fraction of sp³-hybridized carbons (Fsp3) is 0.286. The minimum Gasteiger partial charge on any atom is -0.506 e. The number of hydrogen-bond acceptors (Lipinski definition) is 10. The molecule has 2 saturated heterocycles. The first-order chi connectivity index (χ1) is 26.6. The van der Waals surface area contributed by atoms with Gasteiger partial charge in [0.25, 0.3) is 0 Å². The van der Waals surface area contributed by atoms with Crippen molar-refractivity contribution in [3.05, 3.63) is 122 Å². The molecular formula is C42H41F2IN2O8. The van der Waals surface area contributed by atoms with E-state index in [9.17, 15) is 23.5 Å². The Hall–Kier alpha value is -4.85. The SMILES string of the molecule is C#Cc1ccc(CN[C@@H]2CCOC2)cc1.COC(=O)c1cc(F)cc(I)c1O.COC(=O)c1cc(F)cc2cc(-c3ccc(CN[C@@H]4CCOC4)cc3)oc12. The minimum atomic E-state index is -0.755. The highest BCUT2D eigenvalue weighted by Gasteiger charge is 2.19. The van der Waals surface area contributed by atoms with Crippen LogP contribution in [0.2, 0.25) is 0 Å². The number of carbonyl (C=O) groups is 2. The van der Waals surface area contributed by atoms with Gasteiger partial charge >= 0.3 is 11.9 Å². The van der Waals surface area contributed by atoms with Gasteiger partial charge in [-0.3, -0.25) is 0 Å². The van der Waals surface area contributed by atoms with Crippen LogP contribution in [0.1, 0.15) is 50.2 Å². The Morgan fingerprint density at radius 2 is 1.35 bits per heavy atom. The van der Waals surface area contributed by atoms with Crippen molar-refractivity contribution < 1.29 is 46.8 Å². The summed E-state index contributed by atoms with van der Waals surface area (Å²) in [6.45, 7) is 4.95. The van der Waals surface area contributed by atoms with Crippen LogP contribution in [-0.2, 0) is 32.0 Å². The van der Waals surface area contributed by atoms with Crippen molar-refractivity contribution in [3.63, 3.8) is 0 Å². The Bertz CT molecular complexity index is 2100. The molecule has 0 aliphatic carbocycles. The number of hydrogen-bond donors (Lipinski definition) is 3. The molecule has 13 heteroatoms. The van der Waals surface area contributed by atoms with Crippen molar-refractivity contribution in [2.45, 2.75) is 38.0 Å². The quantitative estimate of drug-likeness (QED) is 0.0786. The number of esters is 2. The fourth-order valence-electron chi connectivity index (χ4n) is 5.77. The highest BCUT2D eigenvalue weighted by Crippen LogP contribution is 2.31. The second-order valence-electron chi connectivity index (χ2n) is 12.7. The summed E-state index contributed by atoms with van der Waals surface area (Å²) in [4.78, 5) is 22.9. The zero-order valence-corrected chi connectivity index (χ0v) is 32.5. The second-order valence-corrected chi connectivity index (χ2v) is 13.8. The molecule has 2 atom stereocenters. The van der Waals surface area contributed by atoms with E-state index in [1.54, 1.807) is 28.7 Å². The Morgan fingerprint density at radius 1 is 0.818 bits per heavy atom. The van der Waals surface area contributed by atoms with Crippen molar-refractivity contribution in [2.75, 3.05) is 40.6 Å². The Balaban J connectivity index is 0.000000175. The summed E-state index contributed by atoms with van der Waals surface area (Å²) >= 11 is 1.73. The number of rotatable bonds is 9. The topological polar surface area (TPSA) is 128 Å². The van der Waals surface area contributed by atoms with Crippen LogP contribution in [0.25, 0.3) is 22.3 Å². The van der Waals surface area contributed by atoms with E-state index >= 15 is 0 Å². The monoisotopic (exact) mass is 866 g/mol. The largest absolute Gasteiger partial charge is 0.506 e. The van der Waals surface area contributed by atoms with Crippen LogP contribution in [0.3, 0.4) is 0 Å². The number of aromatic hydroxyl groups is 1. The van der Waals surface area contributed by atoms with Crippen molar-refractivity contribution in [1.82, 2.24) is 10.6 Å². The van der Waals surface area contributed by atoms with E-state index in [0.717, 1.165) is 87.2 Å². The normalized spacial score (nSPS) is 16.0. The first-order valence-corrected chi connectivity index (χ1v) is 18.5. The summed E-state index contributed by atoms with van der Waals surface area (Å²) in [6, 6.07) is 23.2. The molecule has 0 unspecified atom stereocenters. The Kier molecular flexibility index (Phi) is 15.2. The first-order valence-electron chi connectivity index (χ1n) is 17.4. The molecule has 0 saturated carbocycles. The zero-order valence-electron chi connectivity index (χ0n) is 30.3. The lowest BCUT2D eigenvalue weighted by Gasteiger charge is -2.10. The number of halogens is 3. The zero-order chi connectivity index (χ0) is 39.3. The molecule has 0 radical (unpaired) electrons. The lowest BCUT2D eigenvalue weighted by Crippen LogP contribution is -2.28. The summed E-state index contributed by atoms with van der Waals surface area (Å²) < 4.78 is 52.4. The molecule has 5 aromatic rings. The molecule has 1 aromatic heterocycles. The van der Waals surface area contributed by atoms with Crippen LogP contribution in [-0.4, -0.2) is 69.8 Å². The lowest BCUT2D eigenvalue weighted by molar-refractivity contribution is 0.0589. The molecule has 0 amide bonds. The number of phenols is 1. The van der Waals surface area contributed by atoms with E-state index in [0.29, 0.717) is 28.8 Å². The predicted molar refractivity (Wildman–Crippen MR) is 212 cm³/mol. The van der Waals surface area contributed by atoms with E-state index in [-0.39, 0.29) is 20.4 Å².